The molecule has 11 heteroatoms. The number of para-hydroxylation sites is 2. The Bertz CT molecular complexity index is 1150. The number of anilines is 3. The van der Waals surface area contributed by atoms with Gasteiger partial charge in [0.25, 0.3) is 0 Å². The third kappa shape index (κ3) is 4.04. The van der Waals surface area contributed by atoms with Crippen LogP contribution in [0.1, 0.15) is 0 Å². The van der Waals surface area contributed by atoms with Gasteiger partial charge in [-0.15, -0.1) is 0 Å². The zero-order valence-electron chi connectivity index (χ0n) is 15.1. The molecule has 4 aromatic rings. The number of rotatable bonds is 6. The number of imidazole rings is 1. The van der Waals surface area contributed by atoms with Gasteiger partial charge in [0.2, 0.25) is 17.8 Å². The van der Waals surface area contributed by atoms with Crippen molar-refractivity contribution in [3.63, 3.8) is 0 Å². The first-order valence-electron chi connectivity index (χ1n) is 8.39. The fraction of sp³-hybridized carbons (Fsp3) is 0.111. The van der Waals surface area contributed by atoms with Gasteiger partial charge in [-0.25, -0.2) is 4.98 Å². The molecule has 0 spiro atoms. The Kier molecular flexibility index (Phi) is 5.12. The van der Waals surface area contributed by atoms with Crippen molar-refractivity contribution in [2.45, 2.75) is 11.8 Å². The molecule has 29 heavy (non-hydrogen) atoms. The molecule has 0 saturated heterocycles. The van der Waals surface area contributed by atoms with Gasteiger partial charge in [0.1, 0.15) is 5.75 Å². The van der Waals surface area contributed by atoms with Gasteiger partial charge in [-0.3, -0.25) is 4.57 Å². The maximum Gasteiger partial charge on any atom is 0.387 e. The Morgan fingerprint density at radius 1 is 1.03 bits per heavy atom. The van der Waals surface area contributed by atoms with E-state index in [0.29, 0.717) is 16.8 Å². The molecular formula is C18H15F2N7OS. The zero-order chi connectivity index (χ0) is 20.4. The first kappa shape index (κ1) is 18.9. The monoisotopic (exact) mass is 415 g/mol. The second kappa shape index (κ2) is 7.87. The first-order chi connectivity index (χ1) is 14.0. The van der Waals surface area contributed by atoms with Crippen LogP contribution in [-0.4, -0.2) is 37.4 Å². The minimum atomic E-state index is -2.88. The molecule has 2 aromatic heterocycles. The molecule has 3 N–H and O–H groups in total. The van der Waals surface area contributed by atoms with Crippen LogP contribution in [0.4, 0.5) is 26.4 Å². The van der Waals surface area contributed by atoms with Gasteiger partial charge in [-0.2, -0.15) is 23.7 Å². The summed E-state index contributed by atoms with van der Waals surface area (Å²) in [6.07, 6.45) is 1.91. The van der Waals surface area contributed by atoms with Crippen LogP contribution >= 0.6 is 11.8 Å². The van der Waals surface area contributed by atoms with Crippen molar-refractivity contribution in [2.75, 3.05) is 17.3 Å². The zero-order valence-corrected chi connectivity index (χ0v) is 15.9. The van der Waals surface area contributed by atoms with Crippen molar-refractivity contribution in [1.29, 1.82) is 0 Å². The molecule has 4 rings (SSSR count). The molecular weight excluding hydrogens is 400 g/mol. The molecule has 0 aliphatic carbocycles. The molecule has 0 radical (unpaired) electrons. The number of aromatic nitrogens is 5. The highest BCUT2D eigenvalue weighted by atomic mass is 32.2. The Labute approximate surface area is 168 Å². The van der Waals surface area contributed by atoms with E-state index in [4.69, 9.17) is 5.73 Å². The van der Waals surface area contributed by atoms with Gasteiger partial charge < -0.3 is 15.8 Å². The van der Waals surface area contributed by atoms with Crippen molar-refractivity contribution in [3.05, 3.63) is 48.5 Å². The number of ether oxygens (including phenoxy) is 1. The molecule has 0 aliphatic heterocycles. The Morgan fingerprint density at radius 2 is 1.79 bits per heavy atom. The van der Waals surface area contributed by atoms with Crippen molar-refractivity contribution in [3.8, 4) is 11.7 Å². The number of hydrogen-bond donors (Lipinski definition) is 2. The summed E-state index contributed by atoms with van der Waals surface area (Å²) in [4.78, 5) is 17.4. The summed E-state index contributed by atoms with van der Waals surface area (Å²) in [7, 11) is 0. The molecule has 8 nitrogen and oxygen atoms in total. The molecule has 0 amide bonds. The van der Waals surface area contributed by atoms with Crippen LogP contribution in [0.15, 0.2) is 53.7 Å². The number of fused-ring (bicyclic) bond motifs is 1. The number of nitrogens with one attached hydrogen (secondary N) is 1. The number of nitrogens with zero attached hydrogens (tertiary/aromatic N) is 5. The molecule has 148 valence electrons. The average Bonchev–Trinajstić information content (AvgIpc) is 3.07. The number of alkyl halides is 2. The molecule has 2 aromatic carbocycles. The summed E-state index contributed by atoms with van der Waals surface area (Å²) in [6.45, 7) is -2.88. The summed E-state index contributed by atoms with van der Waals surface area (Å²) >= 11 is 1.45. The van der Waals surface area contributed by atoms with Gasteiger partial charge in [-0.1, -0.05) is 23.9 Å². The van der Waals surface area contributed by atoms with Crippen LogP contribution < -0.4 is 15.8 Å². The minimum Gasteiger partial charge on any atom is -0.435 e. The molecule has 0 aliphatic rings. The van der Waals surface area contributed by atoms with E-state index in [9.17, 15) is 8.78 Å². The third-order valence-electron chi connectivity index (χ3n) is 3.89. The summed E-state index contributed by atoms with van der Waals surface area (Å²) in [5.41, 5.74) is 8.10. The lowest BCUT2D eigenvalue weighted by molar-refractivity contribution is -0.0498. The van der Waals surface area contributed by atoms with E-state index in [1.165, 1.54) is 23.9 Å². The maximum absolute atomic E-state index is 12.3. The second-order valence-corrected chi connectivity index (χ2v) is 6.54. The molecule has 2 heterocycles. The largest absolute Gasteiger partial charge is 0.435 e. The average molecular weight is 415 g/mol. The predicted octanol–water partition coefficient (Wildman–Crippen LogP) is 3.86. The highest BCUT2D eigenvalue weighted by Crippen LogP contribution is 2.26. The third-order valence-corrected chi connectivity index (χ3v) is 4.53. The molecule has 0 bridgehead atoms. The quantitative estimate of drug-likeness (QED) is 0.458. The molecule has 0 saturated carbocycles. The van der Waals surface area contributed by atoms with E-state index in [2.05, 4.69) is 30.0 Å². The van der Waals surface area contributed by atoms with E-state index in [1.54, 1.807) is 16.7 Å². The Hall–Kier alpha value is -3.47. The number of nitrogen functional groups attached to an aromatic ring is 1. The minimum absolute atomic E-state index is 0.0278. The first-order valence-corrected chi connectivity index (χ1v) is 9.61. The lowest BCUT2D eigenvalue weighted by Gasteiger charge is -2.10. The second-order valence-electron chi connectivity index (χ2n) is 5.77. The van der Waals surface area contributed by atoms with Gasteiger partial charge in [0, 0.05) is 5.69 Å². The van der Waals surface area contributed by atoms with Crippen LogP contribution in [0.5, 0.6) is 5.75 Å². The molecule has 0 fully saturated rings. The molecule has 0 atom stereocenters. The van der Waals surface area contributed by atoms with E-state index in [0.717, 1.165) is 11.0 Å². The van der Waals surface area contributed by atoms with Crippen LogP contribution in [0.2, 0.25) is 0 Å². The van der Waals surface area contributed by atoms with Crippen molar-refractivity contribution in [2.24, 2.45) is 0 Å². The normalized spacial score (nSPS) is 11.2. The van der Waals surface area contributed by atoms with Crippen molar-refractivity contribution >= 4 is 40.4 Å². The number of halogens is 2. The summed E-state index contributed by atoms with van der Waals surface area (Å²) in [6, 6.07) is 13.6. The van der Waals surface area contributed by atoms with Gasteiger partial charge in [0.15, 0.2) is 5.16 Å². The van der Waals surface area contributed by atoms with Gasteiger partial charge >= 0.3 is 6.61 Å². The van der Waals surface area contributed by atoms with Gasteiger partial charge in [0.05, 0.1) is 11.0 Å². The fourth-order valence-electron chi connectivity index (χ4n) is 2.72. The lowest BCUT2D eigenvalue weighted by atomic mass is 10.3. The van der Waals surface area contributed by atoms with Crippen LogP contribution in [0.25, 0.3) is 17.0 Å². The fourth-order valence-corrected chi connectivity index (χ4v) is 3.27. The van der Waals surface area contributed by atoms with E-state index in [-0.39, 0.29) is 17.6 Å². The van der Waals surface area contributed by atoms with Crippen LogP contribution in [0, 0.1) is 0 Å². The molecule has 0 unspecified atom stereocenters. The maximum atomic E-state index is 12.3. The summed E-state index contributed by atoms with van der Waals surface area (Å²) < 4.78 is 30.7. The number of nitrogens with two attached hydrogens (primary N) is 1. The van der Waals surface area contributed by atoms with E-state index in [1.807, 2.05) is 30.5 Å². The van der Waals surface area contributed by atoms with Crippen molar-refractivity contribution in [1.82, 2.24) is 24.5 Å². The van der Waals surface area contributed by atoms with E-state index < -0.39 is 6.61 Å². The topological polar surface area (TPSA) is 104 Å². The van der Waals surface area contributed by atoms with Crippen LogP contribution in [0.3, 0.4) is 0 Å². The highest BCUT2D eigenvalue weighted by Gasteiger charge is 2.16. The van der Waals surface area contributed by atoms with Crippen molar-refractivity contribution < 1.29 is 13.5 Å². The predicted molar refractivity (Wildman–Crippen MR) is 107 cm³/mol. The summed E-state index contributed by atoms with van der Waals surface area (Å²) in [5, 5.41) is 3.69. The van der Waals surface area contributed by atoms with Crippen LogP contribution in [-0.2, 0) is 0 Å². The number of thioether (sulfide) groups is 1. The van der Waals surface area contributed by atoms with E-state index >= 15 is 0 Å². The number of benzene rings is 2. The SMILES string of the molecule is CSc1nc2ccccc2n1-c1nc(N)nc(Nc2ccc(OC(F)F)cc2)n1. The number of hydrogen-bond acceptors (Lipinski definition) is 8. The summed E-state index contributed by atoms with van der Waals surface area (Å²) in [5.74, 6) is 0.603. The smallest absolute Gasteiger partial charge is 0.387 e. The lowest BCUT2D eigenvalue weighted by Crippen LogP contribution is -2.10. The van der Waals surface area contributed by atoms with Gasteiger partial charge in [-0.05, 0) is 42.7 Å². The Morgan fingerprint density at radius 3 is 2.52 bits per heavy atom. The standard InChI is InChI=1S/C18H15F2N7OS/c1-29-18-23-12-4-2-3-5-13(12)27(18)17-25-15(21)24-16(26-17)22-10-6-8-11(9-7-10)28-14(19)20/h2-9,14H,1H3,(H3,21,22,24,25,26). The Balaban J connectivity index is 1.69. The highest BCUT2D eigenvalue weighted by molar-refractivity contribution is 7.98.